The highest BCUT2D eigenvalue weighted by Gasteiger charge is 2.19. The van der Waals surface area contributed by atoms with Crippen LogP contribution in [0.1, 0.15) is 49.4 Å². The second-order valence-corrected chi connectivity index (χ2v) is 8.09. The number of aromatic amines is 2. The van der Waals surface area contributed by atoms with Gasteiger partial charge >= 0.3 is 5.97 Å². The average molecular weight is 370 g/mol. The largest absolute Gasteiger partial charge is 0.462 e. The van der Waals surface area contributed by atoms with Crippen LogP contribution >= 0.6 is 11.8 Å². The predicted molar refractivity (Wildman–Crippen MR) is 105 cm³/mol. The van der Waals surface area contributed by atoms with Crippen LogP contribution in [-0.2, 0) is 4.74 Å². The summed E-state index contributed by atoms with van der Waals surface area (Å²) in [5.74, 6) is -0.406. The van der Waals surface area contributed by atoms with Crippen LogP contribution in [0.5, 0.6) is 0 Å². The van der Waals surface area contributed by atoms with Gasteiger partial charge in [0.25, 0.3) is 5.56 Å². The molecule has 0 bridgehead atoms. The molecule has 3 aromatic rings. The van der Waals surface area contributed by atoms with Gasteiger partial charge in [-0.3, -0.25) is 4.79 Å². The lowest BCUT2D eigenvalue weighted by molar-refractivity contribution is 0.0529. The maximum atomic E-state index is 12.3. The summed E-state index contributed by atoms with van der Waals surface area (Å²) in [6.07, 6.45) is 8.01. The number of pyridine rings is 1. The highest BCUT2D eigenvalue weighted by molar-refractivity contribution is 8.00. The summed E-state index contributed by atoms with van der Waals surface area (Å²) in [6, 6.07) is 6.08. The molecule has 136 valence electrons. The Morgan fingerprint density at radius 2 is 2.08 bits per heavy atom. The van der Waals surface area contributed by atoms with Crippen molar-refractivity contribution in [1.82, 2.24) is 9.97 Å². The van der Waals surface area contributed by atoms with Crippen LogP contribution in [0, 0.1) is 0 Å². The number of thioether (sulfide) groups is 1. The summed E-state index contributed by atoms with van der Waals surface area (Å²) >= 11 is 1.90. The van der Waals surface area contributed by atoms with Gasteiger partial charge in [-0.15, -0.1) is 11.8 Å². The Morgan fingerprint density at radius 1 is 1.27 bits per heavy atom. The summed E-state index contributed by atoms with van der Waals surface area (Å²) in [4.78, 5) is 31.7. The zero-order valence-corrected chi connectivity index (χ0v) is 15.6. The van der Waals surface area contributed by atoms with Crippen LogP contribution in [0.15, 0.2) is 34.1 Å². The number of hydrogen-bond acceptors (Lipinski definition) is 4. The molecule has 1 aromatic carbocycles. The molecule has 1 aliphatic carbocycles. The molecule has 4 rings (SSSR count). The van der Waals surface area contributed by atoms with Gasteiger partial charge < -0.3 is 14.7 Å². The fourth-order valence-corrected chi connectivity index (χ4v) is 5.01. The van der Waals surface area contributed by atoms with E-state index in [0.29, 0.717) is 28.3 Å². The van der Waals surface area contributed by atoms with E-state index in [2.05, 4.69) is 22.1 Å². The number of hydrogen-bond donors (Lipinski definition) is 2. The quantitative estimate of drug-likeness (QED) is 0.658. The molecular formula is C20H22N2O3S. The van der Waals surface area contributed by atoms with Gasteiger partial charge in [-0.1, -0.05) is 19.3 Å². The average Bonchev–Trinajstić information content (AvgIpc) is 3.10. The van der Waals surface area contributed by atoms with Crippen molar-refractivity contribution in [3.05, 3.63) is 40.3 Å². The summed E-state index contributed by atoms with van der Waals surface area (Å²) in [7, 11) is 0. The molecule has 5 nitrogen and oxygen atoms in total. The Balaban J connectivity index is 1.83. The van der Waals surface area contributed by atoms with E-state index in [0.717, 1.165) is 10.9 Å². The Bertz CT molecular complexity index is 1010. The van der Waals surface area contributed by atoms with Crippen molar-refractivity contribution in [3.8, 4) is 0 Å². The summed E-state index contributed by atoms with van der Waals surface area (Å²) in [5.41, 5.74) is 1.34. The number of ether oxygens (including phenoxy) is 1. The minimum Gasteiger partial charge on any atom is -0.462 e. The lowest BCUT2D eigenvalue weighted by Crippen LogP contribution is -2.09. The molecule has 0 unspecified atom stereocenters. The lowest BCUT2D eigenvalue weighted by Gasteiger charge is -2.21. The number of H-pyrrole nitrogens is 2. The maximum Gasteiger partial charge on any atom is 0.340 e. The van der Waals surface area contributed by atoms with Gasteiger partial charge in [0.2, 0.25) is 0 Å². The molecule has 1 aliphatic rings. The van der Waals surface area contributed by atoms with Crippen LogP contribution in [0.2, 0.25) is 0 Å². The third-order valence-corrected chi connectivity index (χ3v) is 6.30. The number of carbonyl (C=O) groups excluding carboxylic acids is 1. The maximum absolute atomic E-state index is 12.3. The van der Waals surface area contributed by atoms with Crippen LogP contribution in [0.4, 0.5) is 0 Å². The Hall–Kier alpha value is -2.21. The molecule has 1 saturated carbocycles. The predicted octanol–water partition coefficient (Wildman–Crippen LogP) is 4.61. The fraction of sp³-hybridized carbons (Fsp3) is 0.400. The topological polar surface area (TPSA) is 75.0 Å². The summed E-state index contributed by atoms with van der Waals surface area (Å²) < 4.78 is 5.16. The van der Waals surface area contributed by atoms with Crippen molar-refractivity contribution in [2.45, 2.75) is 49.2 Å². The minimum atomic E-state index is -0.406. The minimum absolute atomic E-state index is 0.226. The Kier molecular flexibility index (Phi) is 4.76. The number of benzene rings is 1. The second kappa shape index (κ2) is 7.19. The molecule has 0 radical (unpaired) electrons. The normalized spacial score (nSPS) is 15.6. The van der Waals surface area contributed by atoms with Crippen LogP contribution in [0.3, 0.4) is 0 Å². The van der Waals surface area contributed by atoms with Gasteiger partial charge in [0.15, 0.2) is 0 Å². The monoisotopic (exact) mass is 370 g/mol. The Labute approximate surface area is 155 Å². The van der Waals surface area contributed by atoms with Crippen molar-refractivity contribution in [3.63, 3.8) is 0 Å². The molecule has 0 aliphatic heterocycles. The molecule has 1 fully saturated rings. The SMILES string of the molecule is CCOC(=O)c1c[nH]c2c(=O)[nH]c3ccc(SC4CCCCC4)cc3c12. The first-order valence-corrected chi connectivity index (χ1v) is 10.1. The Morgan fingerprint density at radius 3 is 2.85 bits per heavy atom. The molecule has 2 heterocycles. The molecule has 26 heavy (non-hydrogen) atoms. The van der Waals surface area contributed by atoms with Gasteiger partial charge in [-0.25, -0.2) is 4.79 Å². The van der Waals surface area contributed by atoms with E-state index in [-0.39, 0.29) is 5.56 Å². The summed E-state index contributed by atoms with van der Waals surface area (Å²) in [5, 5.41) is 2.17. The van der Waals surface area contributed by atoms with Crippen molar-refractivity contribution >= 4 is 39.5 Å². The van der Waals surface area contributed by atoms with E-state index in [4.69, 9.17) is 4.74 Å². The van der Waals surface area contributed by atoms with E-state index in [1.54, 1.807) is 13.1 Å². The molecule has 0 atom stereocenters. The number of aromatic nitrogens is 2. The van der Waals surface area contributed by atoms with Gasteiger partial charge in [-0.05, 0) is 38.0 Å². The number of nitrogens with one attached hydrogen (secondary N) is 2. The van der Waals surface area contributed by atoms with Crippen molar-refractivity contribution in [1.29, 1.82) is 0 Å². The number of carbonyl (C=O) groups is 1. The van der Waals surface area contributed by atoms with E-state index >= 15 is 0 Å². The van der Waals surface area contributed by atoms with Gasteiger partial charge in [-0.2, -0.15) is 0 Å². The van der Waals surface area contributed by atoms with Crippen molar-refractivity contribution < 1.29 is 9.53 Å². The third kappa shape index (κ3) is 3.14. The molecule has 2 N–H and O–H groups in total. The third-order valence-electron chi connectivity index (χ3n) is 4.97. The van der Waals surface area contributed by atoms with E-state index < -0.39 is 5.97 Å². The van der Waals surface area contributed by atoms with E-state index in [1.807, 2.05) is 17.8 Å². The number of esters is 1. The summed E-state index contributed by atoms with van der Waals surface area (Å²) in [6.45, 7) is 2.08. The molecular weight excluding hydrogens is 348 g/mol. The van der Waals surface area contributed by atoms with E-state index in [9.17, 15) is 9.59 Å². The molecule has 0 saturated heterocycles. The van der Waals surface area contributed by atoms with E-state index in [1.165, 1.54) is 37.0 Å². The zero-order valence-electron chi connectivity index (χ0n) is 14.8. The first kappa shape index (κ1) is 17.2. The number of fused-ring (bicyclic) bond motifs is 3. The highest BCUT2D eigenvalue weighted by Crippen LogP contribution is 2.36. The molecule has 2 aromatic heterocycles. The molecule has 6 heteroatoms. The zero-order chi connectivity index (χ0) is 18.1. The van der Waals surface area contributed by atoms with Gasteiger partial charge in [0.1, 0.15) is 5.52 Å². The number of rotatable bonds is 4. The van der Waals surface area contributed by atoms with Crippen LogP contribution in [0.25, 0.3) is 21.8 Å². The second-order valence-electron chi connectivity index (χ2n) is 6.71. The fourth-order valence-electron chi connectivity index (χ4n) is 3.72. The molecule has 0 amide bonds. The standard InChI is InChI=1S/C20H22N2O3S/c1-2-25-20(24)15-11-21-18-17(15)14-10-13(8-9-16(14)22-19(18)23)26-12-6-4-3-5-7-12/h8-12,21H,2-7H2,1H3,(H,22,23). The van der Waals surface area contributed by atoms with Gasteiger partial charge in [0, 0.05) is 32.6 Å². The van der Waals surface area contributed by atoms with Crippen LogP contribution in [-0.4, -0.2) is 27.8 Å². The smallest absolute Gasteiger partial charge is 0.340 e. The first-order valence-electron chi connectivity index (χ1n) is 9.18. The first-order chi connectivity index (χ1) is 12.7. The van der Waals surface area contributed by atoms with Crippen LogP contribution < -0.4 is 5.56 Å². The van der Waals surface area contributed by atoms with Gasteiger partial charge in [0.05, 0.1) is 12.2 Å². The van der Waals surface area contributed by atoms with Crippen molar-refractivity contribution in [2.24, 2.45) is 0 Å². The lowest BCUT2D eigenvalue weighted by atomic mass is 10.0. The van der Waals surface area contributed by atoms with Crippen molar-refractivity contribution in [2.75, 3.05) is 6.61 Å². The highest BCUT2D eigenvalue weighted by atomic mass is 32.2. The molecule has 0 spiro atoms.